The Balaban J connectivity index is 2.49. The fourth-order valence-electron chi connectivity index (χ4n) is 3.95. The second-order valence-electron chi connectivity index (χ2n) is 7.88. The first kappa shape index (κ1) is 22.3. The lowest BCUT2D eigenvalue weighted by Crippen LogP contribution is -2.31. The third-order valence-corrected chi connectivity index (χ3v) is 5.58. The Hall–Kier alpha value is -2.01. The standard InChI is InChI=1S/C23H35NO4/c1-5-6-7-10-18-15-19(25)20(17-11-8-9-16(2)14-17)22(26)21(18)23(27)24(3)12-13-28-4/h14-15,17,25-26H,5-13H2,1-4H3. The molecule has 1 aliphatic carbocycles. The number of carbonyl (C=O) groups is 1. The van der Waals surface area contributed by atoms with E-state index in [1.54, 1.807) is 25.1 Å². The summed E-state index contributed by atoms with van der Waals surface area (Å²) < 4.78 is 5.08. The van der Waals surface area contributed by atoms with E-state index in [-0.39, 0.29) is 23.3 Å². The van der Waals surface area contributed by atoms with E-state index in [4.69, 9.17) is 4.74 Å². The van der Waals surface area contributed by atoms with Crippen LogP contribution in [0.1, 0.15) is 79.8 Å². The average Bonchev–Trinajstić information content (AvgIpc) is 2.66. The van der Waals surface area contributed by atoms with Crippen LogP contribution in [0.25, 0.3) is 0 Å². The lowest BCUT2D eigenvalue weighted by atomic mass is 9.83. The topological polar surface area (TPSA) is 70.0 Å². The lowest BCUT2D eigenvalue weighted by Gasteiger charge is -2.25. The van der Waals surface area contributed by atoms with Crippen molar-refractivity contribution in [2.75, 3.05) is 27.3 Å². The third kappa shape index (κ3) is 5.28. The molecular formula is C23H35NO4. The van der Waals surface area contributed by atoms with Crippen molar-refractivity contribution in [1.29, 1.82) is 0 Å². The molecule has 0 aliphatic heterocycles. The smallest absolute Gasteiger partial charge is 0.257 e. The fourth-order valence-corrected chi connectivity index (χ4v) is 3.95. The van der Waals surface area contributed by atoms with Crippen molar-refractivity contribution in [2.24, 2.45) is 0 Å². The monoisotopic (exact) mass is 389 g/mol. The van der Waals surface area contributed by atoms with E-state index in [9.17, 15) is 15.0 Å². The van der Waals surface area contributed by atoms with Gasteiger partial charge in [-0.15, -0.1) is 0 Å². The highest BCUT2D eigenvalue weighted by Gasteiger charge is 2.28. The van der Waals surface area contributed by atoms with E-state index in [1.165, 1.54) is 5.57 Å². The number of likely N-dealkylation sites (N-methyl/N-ethyl adjacent to an activating group) is 1. The van der Waals surface area contributed by atoms with Gasteiger partial charge in [0.2, 0.25) is 0 Å². The minimum atomic E-state index is -0.223. The van der Waals surface area contributed by atoms with E-state index in [2.05, 4.69) is 19.9 Å². The van der Waals surface area contributed by atoms with Gasteiger partial charge >= 0.3 is 0 Å². The zero-order valence-electron chi connectivity index (χ0n) is 17.8. The predicted molar refractivity (Wildman–Crippen MR) is 112 cm³/mol. The van der Waals surface area contributed by atoms with E-state index < -0.39 is 0 Å². The molecule has 0 spiro atoms. The number of benzene rings is 1. The molecule has 0 saturated heterocycles. The van der Waals surface area contributed by atoms with Gasteiger partial charge in [0.25, 0.3) is 5.91 Å². The van der Waals surface area contributed by atoms with Crippen molar-refractivity contribution in [3.8, 4) is 11.5 Å². The van der Waals surface area contributed by atoms with Gasteiger partial charge in [0.15, 0.2) is 0 Å². The van der Waals surface area contributed by atoms with Gasteiger partial charge in [-0.1, -0.05) is 31.4 Å². The predicted octanol–water partition coefficient (Wildman–Crippen LogP) is 4.76. The van der Waals surface area contributed by atoms with Gasteiger partial charge in [-0.25, -0.2) is 0 Å². The fraction of sp³-hybridized carbons (Fsp3) is 0.609. The molecule has 1 aromatic carbocycles. The summed E-state index contributed by atoms with van der Waals surface area (Å²) in [5.74, 6) is -0.249. The molecule has 5 heteroatoms. The maximum atomic E-state index is 13.1. The zero-order chi connectivity index (χ0) is 20.7. The highest BCUT2D eigenvalue weighted by Crippen LogP contribution is 2.44. The second-order valence-corrected chi connectivity index (χ2v) is 7.88. The van der Waals surface area contributed by atoms with Crippen LogP contribution >= 0.6 is 0 Å². The number of rotatable bonds is 9. The number of methoxy groups -OCH3 is 1. The Bertz CT molecular complexity index is 711. The van der Waals surface area contributed by atoms with Crippen LogP contribution in [0.3, 0.4) is 0 Å². The number of phenolic OH excluding ortho intramolecular Hbond substituents is 2. The minimum absolute atomic E-state index is 0.0586. The number of aromatic hydroxyl groups is 2. The van der Waals surface area contributed by atoms with Gasteiger partial charge in [0, 0.05) is 32.2 Å². The van der Waals surface area contributed by atoms with Crippen molar-refractivity contribution in [3.05, 3.63) is 34.4 Å². The molecule has 1 atom stereocenters. The number of allylic oxidation sites excluding steroid dienone is 2. The van der Waals surface area contributed by atoms with E-state index in [0.717, 1.165) is 44.1 Å². The molecule has 1 aliphatic rings. The van der Waals surface area contributed by atoms with Crippen LogP contribution in [0.5, 0.6) is 11.5 Å². The number of amides is 1. The number of aryl methyl sites for hydroxylation is 1. The Kier molecular flexibility index (Phi) is 8.36. The van der Waals surface area contributed by atoms with E-state index in [0.29, 0.717) is 30.7 Å². The van der Waals surface area contributed by atoms with Crippen LogP contribution in [-0.4, -0.2) is 48.3 Å². The number of unbranched alkanes of at least 4 members (excludes halogenated alkanes) is 2. The molecule has 0 heterocycles. The van der Waals surface area contributed by atoms with Crippen LogP contribution in [-0.2, 0) is 11.2 Å². The Morgan fingerprint density at radius 1 is 1.32 bits per heavy atom. The highest BCUT2D eigenvalue weighted by atomic mass is 16.5. The Morgan fingerprint density at radius 3 is 2.71 bits per heavy atom. The molecule has 0 fully saturated rings. The Labute approximate surface area is 169 Å². The Morgan fingerprint density at radius 2 is 2.07 bits per heavy atom. The molecule has 2 rings (SSSR count). The minimum Gasteiger partial charge on any atom is -0.507 e. The van der Waals surface area contributed by atoms with Crippen LogP contribution < -0.4 is 0 Å². The summed E-state index contributed by atoms with van der Waals surface area (Å²) in [7, 11) is 3.32. The van der Waals surface area contributed by atoms with Gasteiger partial charge in [0.1, 0.15) is 11.5 Å². The molecule has 0 aromatic heterocycles. The summed E-state index contributed by atoms with van der Waals surface area (Å²) in [5.41, 5.74) is 2.80. The lowest BCUT2D eigenvalue weighted by molar-refractivity contribution is 0.0740. The van der Waals surface area contributed by atoms with Crippen LogP contribution in [0.4, 0.5) is 0 Å². The van der Waals surface area contributed by atoms with Crippen LogP contribution in [0.15, 0.2) is 17.7 Å². The molecule has 0 radical (unpaired) electrons. The largest absolute Gasteiger partial charge is 0.507 e. The summed E-state index contributed by atoms with van der Waals surface area (Å²) in [6.45, 7) is 5.08. The SMILES string of the molecule is CCCCCc1cc(O)c(C2C=C(C)CCC2)c(O)c1C(=O)N(C)CCOC. The van der Waals surface area contributed by atoms with E-state index in [1.807, 2.05) is 0 Å². The van der Waals surface area contributed by atoms with Gasteiger partial charge < -0.3 is 19.8 Å². The second kappa shape index (κ2) is 10.5. The third-order valence-electron chi connectivity index (χ3n) is 5.58. The molecule has 1 aromatic rings. The molecule has 0 bridgehead atoms. The maximum Gasteiger partial charge on any atom is 0.257 e. The number of hydrogen-bond acceptors (Lipinski definition) is 4. The first-order chi connectivity index (χ1) is 13.4. The summed E-state index contributed by atoms with van der Waals surface area (Å²) in [6, 6.07) is 1.69. The summed E-state index contributed by atoms with van der Waals surface area (Å²) in [4.78, 5) is 14.7. The summed E-state index contributed by atoms with van der Waals surface area (Å²) in [5, 5.41) is 21.8. The molecule has 28 heavy (non-hydrogen) atoms. The van der Waals surface area contributed by atoms with Crippen molar-refractivity contribution in [2.45, 2.75) is 64.7 Å². The first-order valence-corrected chi connectivity index (χ1v) is 10.4. The summed E-state index contributed by atoms with van der Waals surface area (Å²) in [6.07, 6.45) is 8.71. The highest BCUT2D eigenvalue weighted by molar-refractivity contribution is 5.99. The number of hydrogen-bond donors (Lipinski definition) is 2. The number of carbonyl (C=O) groups excluding carboxylic acids is 1. The molecule has 2 N–H and O–H groups in total. The van der Waals surface area contributed by atoms with Crippen molar-refractivity contribution >= 4 is 5.91 Å². The quantitative estimate of drug-likeness (QED) is 0.472. The molecule has 1 amide bonds. The first-order valence-electron chi connectivity index (χ1n) is 10.4. The van der Waals surface area contributed by atoms with E-state index >= 15 is 0 Å². The summed E-state index contributed by atoms with van der Waals surface area (Å²) >= 11 is 0. The van der Waals surface area contributed by atoms with Crippen LogP contribution in [0.2, 0.25) is 0 Å². The van der Waals surface area contributed by atoms with Crippen LogP contribution in [0, 0.1) is 0 Å². The molecule has 156 valence electrons. The number of nitrogens with zero attached hydrogens (tertiary/aromatic N) is 1. The van der Waals surface area contributed by atoms with Gasteiger partial charge in [-0.2, -0.15) is 0 Å². The maximum absolute atomic E-state index is 13.1. The number of ether oxygens (including phenoxy) is 1. The van der Waals surface area contributed by atoms with Gasteiger partial charge in [-0.3, -0.25) is 4.79 Å². The van der Waals surface area contributed by atoms with Crippen molar-refractivity contribution in [3.63, 3.8) is 0 Å². The molecule has 5 nitrogen and oxygen atoms in total. The van der Waals surface area contributed by atoms with Gasteiger partial charge in [0.05, 0.1) is 12.2 Å². The molecule has 1 unspecified atom stereocenters. The zero-order valence-corrected chi connectivity index (χ0v) is 17.8. The molecular weight excluding hydrogens is 354 g/mol. The molecule has 0 saturated carbocycles. The normalized spacial score (nSPS) is 16.7. The van der Waals surface area contributed by atoms with Crippen molar-refractivity contribution < 1.29 is 19.7 Å². The van der Waals surface area contributed by atoms with Gasteiger partial charge in [-0.05, 0) is 50.7 Å². The average molecular weight is 390 g/mol. The van der Waals surface area contributed by atoms with Crippen molar-refractivity contribution in [1.82, 2.24) is 4.90 Å². The number of phenols is 2.